The van der Waals surface area contributed by atoms with Gasteiger partial charge in [-0.15, -0.1) is 5.10 Å². The Morgan fingerprint density at radius 3 is 2.41 bits per heavy atom. The monoisotopic (exact) mass is 705 g/mol. The van der Waals surface area contributed by atoms with Gasteiger partial charge in [0.15, 0.2) is 19.7 Å². The van der Waals surface area contributed by atoms with E-state index in [0.717, 1.165) is 11.1 Å². The second-order valence-electron chi connectivity index (χ2n) is 14.0. The van der Waals surface area contributed by atoms with Crippen LogP contribution in [0.4, 0.5) is 5.69 Å². The number of fused-ring (bicyclic) bond motifs is 2. The number of rotatable bonds is 11. The van der Waals surface area contributed by atoms with Crippen molar-refractivity contribution in [3.63, 3.8) is 0 Å². The number of methoxy groups -OCH3 is 1. The molecular weight excluding hydrogens is 663 g/mol. The van der Waals surface area contributed by atoms with Gasteiger partial charge >= 0.3 is 0 Å². The normalized spacial score (nSPS) is 22.0. The number of benzene rings is 3. The molecule has 1 saturated heterocycles. The summed E-state index contributed by atoms with van der Waals surface area (Å²) in [6.45, 7) is 6.47. The van der Waals surface area contributed by atoms with Gasteiger partial charge in [-0.3, -0.25) is 18.8 Å². The summed E-state index contributed by atoms with van der Waals surface area (Å²) in [6, 6.07) is 28.5. The fourth-order valence-corrected chi connectivity index (χ4v) is 10.7. The van der Waals surface area contributed by atoms with Crippen LogP contribution in [0.1, 0.15) is 41.6 Å². The van der Waals surface area contributed by atoms with Gasteiger partial charge in [0.05, 0.1) is 43.7 Å². The molecule has 264 valence electrons. The van der Waals surface area contributed by atoms with Crippen molar-refractivity contribution in [2.45, 2.75) is 62.7 Å². The SMILES string of the molecule is COc1cccn(-c2ccc3c(c2)[C@]2(O[C@@H](CCn4cc(C(CO)c5ccccc5)nn4)[C@H]([Si](C)(C)O)[C@H]2C)C(=O)N3Cc2ccccc2)c1=O. The van der Waals surface area contributed by atoms with Crippen LogP contribution < -0.4 is 15.2 Å². The van der Waals surface area contributed by atoms with E-state index in [-0.39, 0.29) is 41.2 Å². The average molecular weight is 706 g/mol. The number of aliphatic hydroxyl groups is 1. The third-order valence-corrected chi connectivity index (χ3v) is 13.0. The van der Waals surface area contributed by atoms with E-state index < -0.39 is 20.0 Å². The number of anilines is 1. The van der Waals surface area contributed by atoms with Crippen LogP contribution in [-0.2, 0) is 28.2 Å². The van der Waals surface area contributed by atoms with E-state index >= 15 is 0 Å². The van der Waals surface area contributed by atoms with Gasteiger partial charge in [-0.25, -0.2) is 0 Å². The van der Waals surface area contributed by atoms with Crippen LogP contribution in [0.25, 0.3) is 5.69 Å². The summed E-state index contributed by atoms with van der Waals surface area (Å²) in [5.74, 6) is -0.677. The van der Waals surface area contributed by atoms with Crippen molar-refractivity contribution in [2.24, 2.45) is 5.92 Å². The van der Waals surface area contributed by atoms with Gasteiger partial charge in [0.25, 0.3) is 11.5 Å². The van der Waals surface area contributed by atoms with Crippen LogP contribution in [0.3, 0.4) is 0 Å². The number of carbonyl (C=O) groups is 1. The molecule has 4 heterocycles. The quantitative estimate of drug-likeness (QED) is 0.184. The van der Waals surface area contributed by atoms with Gasteiger partial charge in [0.1, 0.15) is 0 Å². The molecule has 0 bridgehead atoms. The minimum Gasteiger partial charge on any atom is -0.491 e. The fourth-order valence-electron chi connectivity index (χ4n) is 8.14. The zero-order chi connectivity index (χ0) is 35.9. The zero-order valence-electron chi connectivity index (χ0n) is 29.2. The molecule has 2 aliphatic heterocycles. The predicted molar refractivity (Wildman–Crippen MR) is 195 cm³/mol. The Kier molecular flexibility index (Phi) is 9.27. The Morgan fingerprint density at radius 1 is 1.00 bits per heavy atom. The molecule has 5 atom stereocenters. The van der Waals surface area contributed by atoms with E-state index in [9.17, 15) is 19.5 Å². The number of hydrogen-bond donors (Lipinski definition) is 2. The van der Waals surface area contributed by atoms with Gasteiger partial charge in [-0.2, -0.15) is 0 Å². The Balaban J connectivity index is 1.26. The van der Waals surface area contributed by atoms with Gasteiger partial charge in [-0.1, -0.05) is 72.8 Å². The van der Waals surface area contributed by atoms with Crippen LogP contribution in [0.2, 0.25) is 18.6 Å². The Morgan fingerprint density at radius 2 is 1.73 bits per heavy atom. The molecule has 0 radical (unpaired) electrons. The van der Waals surface area contributed by atoms with Crippen LogP contribution in [0.5, 0.6) is 5.75 Å². The van der Waals surface area contributed by atoms with Gasteiger partial charge in [0.2, 0.25) is 0 Å². The highest BCUT2D eigenvalue weighted by molar-refractivity contribution is 6.71. The molecule has 5 aromatic rings. The Labute approximate surface area is 297 Å². The van der Waals surface area contributed by atoms with Crippen molar-refractivity contribution in [3.05, 3.63) is 136 Å². The number of nitrogens with zero attached hydrogens (tertiary/aromatic N) is 5. The van der Waals surface area contributed by atoms with Crippen molar-refractivity contribution in [2.75, 3.05) is 18.6 Å². The van der Waals surface area contributed by atoms with Gasteiger partial charge < -0.3 is 24.3 Å². The minimum absolute atomic E-state index is 0.105. The van der Waals surface area contributed by atoms with Crippen LogP contribution in [-0.4, -0.2) is 63.5 Å². The van der Waals surface area contributed by atoms with Gasteiger partial charge in [-0.05, 0) is 61.0 Å². The third-order valence-electron chi connectivity index (χ3n) is 10.5. The number of ether oxygens (including phenoxy) is 2. The van der Waals surface area contributed by atoms with E-state index in [1.165, 1.54) is 11.7 Å². The molecule has 7 rings (SSSR count). The van der Waals surface area contributed by atoms with E-state index in [2.05, 4.69) is 10.3 Å². The number of hydrogen-bond acceptors (Lipinski definition) is 8. The molecule has 3 aromatic carbocycles. The lowest BCUT2D eigenvalue weighted by Crippen LogP contribution is -2.46. The maximum atomic E-state index is 14.9. The molecule has 2 N–H and O–H groups in total. The first-order valence-corrected chi connectivity index (χ1v) is 20.3. The molecule has 1 spiro atoms. The lowest BCUT2D eigenvalue weighted by atomic mass is 9.82. The van der Waals surface area contributed by atoms with Crippen LogP contribution in [0.15, 0.2) is 108 Å². The van der Waals surface area contributed by atoms with Crippen LogP contribution in [0, 0.1) is 5.92 Å². The third kappa shape index (κ3) is 6.11. The molecular formula is C39H43N5O6Si. The van der Waals surface area contributed by atoms with Crippen molar-refractivity contribution >= 4 is 19.9 Å². The summed E-state index contributed by atoms with van der Waals surface area (Å²) in [7, 11) is -1.48. The molecule has 11 nitrogen and oxygen atoms in total. The van der Waals surface area contributed by atoms with E-state index in [4.69, 9.17) is 9.47 Å². The average Bonchev–Trinajstić information content (AvgIpc) is 3.78. The molecule has 0 aliphatic carbocycles. The predicted octanol–water partition coefficient (Wildman–Crippen LogP) is 5.00. The lowest BCUT2D eigenvalue weighted by Gasteiger charge is -2.32. The van der Waals surface area contributed by atoms with Gasteiger partial charge in [0, 0.05) is 41.6 Å². The number of carbonyl (C=O) groups excluding carboxylic acids is 1. The first-order chi connectivity index (χ1) is 24.6. The van der Waals surface area contributed by atoms with Crippen molar-refractivity contribution in [3.8, 4) is 11.4 Å². The summed E-state index contributed by atoms with van der Waals surface area (Å²) in [5, 5.41) is 18.9. The maximum Gasteiger partial charge on any atom is 0.297 e. The fraction of sp³-hybridized carbons (Fsp3) is 0.333. The van der Waals surface area contributed by atoms with Crippen molar-refractivity contribution in [1.29, 1.82) is 0 Å². The smallest absolute Gasteiger partial charge is 0.297 e. The number of amides is 1. The molecule has 2 aliphatic rings. The van der Waals surface area contributed by atoms with E-state index in [1.54, 1.807) is 27.9 Å². The Hall–Kier alpha value is -4.88. The molecule has 1 amide bonds. The first-order valence-electron chi connectivity index (χ1n) is 17.3. The Bertz CT molecular complexity index is 2080. The zero-order valence-corrected chi connectivity index (χ0v) is 30.2. The first kappa shape index (κ1) is 34.6. The minimum atomic E-state index is -2.94. The molecule has 1 unspecified atom stereocenters. The summed E-state index contributed by atoms with van der Waals surface area (Å²) in [4.78, 5) is 41.9. The molecule has 1 fully saturated rings. The highest BCUT2D eigenvalue weighted by atomic mass is 28.4. The van der Waals surface area contributed by atoms with Crippen molar-refractivity contribution in [1.82, 2.24) is 19.6 Å². The lowest BCUT2D eigenvalue weighted by molar-refractivity contribution is -0.146. The molecule has 2 aromatic heterocycles. The molecule has 12 heteroatoms. The summed E-state index contributed by atoms with van der Waals surface area (Å²) in [5.41, 5.74) is 2.53. The number of pyridine rings is 1. The highest BCUT2D eigenvalue weighted by Crippen LogP contribution is 2.60. The number of aryl methyl sites for hydroxylation is 1. The summed E-state index contributed by atoms with van der Waals surface area (Å²) < 4.78 is 15.6. The van der Waals surface area contributed by atoms with E-state index in [1.807, 2.05) is 105 Å². The highest BCUT2D eigenvalue weighted by Gasteiger charge is 2.66. The largest absolute Gasteiger partial charge is 0.491 e. The van der Waals surface area contributed by atoms with Crippen LogP contribution >= 0.6 is 0 Å². The standard InChI is InChI=1S/C39H43N5O6Si/c1-26-36(51(3,4)48)34(19-21-42-24-32(40-41-42)30(25-45)28-14-9-6-10-15-28)50-39(26)31-22-29(43-20-11-16-35(49-2)37(43)46)17-18-33(31)44(38(39)47)23-27-12-7-5-8-13-27/h5-18,20,22,24,26,30,34,36,45,48H,19,21,23,25H2,1-4H3/t26-,30?,34+,36-,39+/m1/s1. The van der Waals surface area contributed by atoms with E-state index in [0.29, 0.717) is 42.1 Å². The maximum absolute atomic E-state index is 14.9. The summed E-state index contributed by atoms with van der Waals surface area (Å²) in [6.07, 6.45) is 3.52. The molecule has 0 saturated carbocycles. The summed E-state index contributed by atoms with van der Waals surface area (Å²) >= 11 is 0. The number of aliphatic hydroxyl groups excluding tert-OH is 1. The second kappa shape index (κ2) is 13.7. The second-order valence-corrected chi connectivity index (χ2v) is 18.0. The topological polar surface area (TPSA) is 132 Å². The number of aromatic nitrogens is 4. The molecule has 51 heavy (non-hydrogen) atoms. The van der Waals surface area contributed by atoms with Crippen molar-refractivity contribution < 1.29 is 24.2 Å².